The molecule has 0 bridgehead atoms. The third-order valence-electron chi connectivity index (χ3n) is 3.73. The number of hydrogen-bond acceptors (Lipinski definition) is 4. The van der Waals surface area contributed by atoms with Gasteiger partial charge in [-0.1, -0.05) is 18.2 Å². The fraction of sp³-hybridized carbons (Fsp3) is 0.571. The molecule has 5 heteroatoms. The first kappa shape index (κ1) is 14.3. The van der Waals surface area contributed by atoms with E-state index in [0.29, 0.717) is 12.6 Å². The van der Waals surface area contributed by atoms with Crippen LogP contribution in [0.5, 0.6) is 0 Å². The molecule has 0 saturated carbocycles. The lowest BCUT2D eigenvalue weighted by Crippen LogP contribution is -2.39. The number of para-hydroxylation sites is 1. The largest absolute Gasteiger partial charge is 0.383 e. The van der Waals surface area contributed by atoms with Crippen LogP contribution in [0.25, 0.3) is 0 Å². The summed E-state index contributed by atoms with van der Waals surface area (Å²) >= 11 is 0. The van der Waals surface area contributed by atoms with Gasteiger partial charge in [-0.25, -0.2) is 8.42 Å². The summed E-state index contributed by atoms with van der Waals surface area (Å²) < 4.78 is 22.4. The highest BCUT2D eigenvalue weighted by atomic mass is 32.2. The molecule has 0 spiro atoms. The van der Waals surface area contributed by atoms with Crippen molar-refractivity contribution in [2.24, 2.45) is 0 Å². The molecule has 1 unspecified atom stereocenters. The second-order valence-electron chi connectivity index (χ2n) is 5.34. The van der Waals surface area contributed by atoms with Crippen molar-refractivity contribution in [1.82, 2.24) is 4.90 Å². The van der Waals surface area contributed by atoms with Crippen molar-refractivity contribution in [3.05, 3.63) is 29.8 Å². The molecule has 0 aromatic heterocycles. The first-order chi connectivity index (χ1) is 8.96. The molecular formula is C14H22N2O2S. The monoisotopic (exact) mass is 282 g/mol. The Morgan fingerprint density at radius 1 is 1.37 bits per heavy atom. The summed E-state index contributed by atoms with van der Waals surface area (Å²) in [5, 5.41) is 3.46. The highest BCUT2D eigenvalue weighted by Gasteiger charge is 2.19. The fourth-order valence-electron chi connectivity index (χ4n) is 2.43. The van der Waals surface area contributed by atoms with Gasteiger partial charge in [-0.05, 0) is 31.5 Å². The normalized spacial score (nSPS) is 19.6. The number of fused-ring (bicyclic) bond motifs is 1. The second kappa shape index (κ2) is 5.92. The van der Waals surface area contributed by atoms with Gasteiger partial charge in [0.1, 0.15) is 9.84 Å². The second-order valence-corrected chi connectivity index (χ2v) is 7.60. The van der Waals surface area contributed by atoms with Gasteiger partial charge in [0, 0.05) is 31.1 Å². The van der Waals surface area contributed by atoms with Gasteiger partial charge in [-0.3, -0.25) is 0 Å². The Balaban J connectivity index is 1.94. The maximum absolute atomic E-state index is 11.2. The van der Waals surface area contributed by atoms with E-state index in [2.05, 4.69) is 28.4 Å². The maximum Gasteiger partial charge on any atom is 0.148 e. The number of benzene rings is 1. The van der Waals surface area contributed by atoms with Crippen LogP contribution in [0.1, 0.15) is 12.0 Å². The van der Waals surface area contributed by atoms with Crippen molar-refractivity contribution in [2.45, 2.75) is 18.9 Å². The summed E-state index contributed by atoms with van der Waals surface area (Å²) in [5.74, 6) is 0.229. The van der Waals surface area contributed by atoms with Crippen molar-refractivity contribution >= 4 is 15.5 Å². The number of nitrogens with one attached hydrogen (secondary N) is 1. The minimum atomic E-state index is -2.88. The number of rotatable bonds is 4. The molecule has 0 aliphatic carbocycles. The first-order valence-electron chi connectivity index (χ1n) is 6.65. The number of nitrogens with zero attached hydrogens (tertiary/aromatic N) is 1. The van der Waals surface area contributed by atoms with Gasteiger partial charge in [-0.2, -0.15) is 0 Å². The van der Waals surface area contributed by atoms with E-state index in [1.54, 1.807) is 0 Å². The molecule has 106 valence electrons. The zero-order chi connectivity index (χ0) is 13.9. The molecule has 0 fully saturated rings. The molecule has 1 aliphatic heterocycles. The van der Waals surface area contributed by atoms with Crippen LogP contribution in [0.15, 0.2) is 24.3 Å². The SMILES string of the molecule is CN(CCS(C)(=O)=O)C1CCc2ccccc2NC1. The summed E-state index contributed by atoms with van der Waals surface area (Å²) in [6.45, 7) is 1.47. The van der Waals surface area contributed by atoms with E-state index in [1.807, 2.05) is 13.1 Å². The molecule has 0 radical (unpaired) electrons. The van der Waals surface area contributed by atoms with Crippen molar-refractivity contribution in [2.75, 3.05) is 37.5 Å². The van der Waals surface area contributed by atoms with E-state index >= 15 is 0 Å². The van der Waals surface area contributed by atoms with Crippen LogP contribution in [0.2, 0.25) is 0 Å². The van der Waals surface area contributed by atoms with Gasteiger partial charge in [0.05, 0.1) is 5.75 Å². The Morgan fingerprint density at radius 2 is 2.11 bits per heavy atom. The minimum absolute atomic E-state index is 0.229. The average molecular weight is 282 g/mol. The summed E-state index contributed by atoms with van der Waals surface area (Å²) in [6, 6.07) is 8.75. The fourth-order valence-corrected chi connectivity index (χ4v) is 3.05. The smallest absolute Gasteiger partial charge is 0.148 e. The van der Waals surface area contributed by atoms with Gasteiger partial charge < -0.3 is 10.2 Å². The van der Waals surface area contributed by atoms with E-state index in [4.69, 9.17) is 0 Å². The van der Waals surface area contributed by atoms with Crippen LogP contribution in [0, 0.1) is 0 Å². The summed E-state index contributed by atoms with van der Waals surface area (Å²) in [4.78, 5) is 2.15. The van der Waals surface area contributed by atoms with Gasteiger partial charge in [0.2, 0.25) is 0 Å². The lowest BCUT2D eigenvalue weighted by molar-refractivity contribution is 0.254. The number of likely N-dealkylation sites (N-methyl/N-ethyl adjacent to an activating group) is 1. The predicted octanol–water partition coefficient (Wildman–Crippen LogP) is 1.39. The standard InChI is InChI=1S/C14H22N2O2S/c1-16(9-10-19(2,17)18)13-8-7-12-5-3-4-6-14(12)15-11-13/h3-6,13,15H,7-11H2,1-2H3. The highest BCUT2D eigenvalue weighted by Crippen LogP contribution is 2.22. The molecule has 4 nitrogen and oxygen atoms in total. The van der Waals surface area contributed by atoms with E-state index < -0.39 is 9.84 Å². The molecule has 0 amide bonds. The third-order valence-corrected chi connectivity index (χ3v) is 4.65. The zero-order valence-corrected chi connectivity index (χ0v) is 12.4. The van der Waals surface area contributed by atoms with Crippen LogP contribution in [0.3, 0.4) is 0 Å². The average Bonchev–Trinajstić information content (AvgIpc) is 2.57. The lowest BCUT2D eigenvalue weighted by atomic mass is 10.1. The van der Waals surface area contributed by atoms with Crippen LogP contribution in [-0.2, 0) is 16.3 Å². The lowest BCUT2D eigenvalue weighted by Gasteiger charge is -2.26. The number of sulfone groups is 1. The van der Waals surface area contributed by atoms with Gasteiger partial charge in [-0.15, -0.1) is 0 Å². The van der Waals surface area contributed by atoms with E-state index in [1.165, 1.54) is 17.5 Å². The van der Waals surface area contributed by atoms with Crippen LogP contribution >= 0.6 is 0 Å². The van der Waals surface area contributed by atoms with Crippen LogP contribution < -0.4 is 5.32 Å². The van der Waals surface area contributed by atoms with E-state index in [-0.39, 0.29) is 5.75 Å². The van der Waals surface area contributed by atoms with Crippen LogP contribution in [0.4, 0.5) is 5.69 Å². The molecule has 1 aromatic carbocycles. The predicted molar refractivity (Wildman–Crippen MR) is 79.4 cm³/mol. The summed E-state index contributed by atoms with van der Waals surface area (Å²) in [5.41, 5.74) is 2.56. The highest BCUT2D eigenvalue weighted by molar-refractivity contribution is 7.90. The Bertz CT molecular complexity index is 501. The van der Waals surface area contributed by atoms with Gasteiger partial charge in [0.25, 0.3) is 0 Å². The van der Waals surface area contributed by atoms with Crippen molar-refractivity contribution < 1.29 is 8.42 Å². The molecule has 2 rings (SSSR count). The molecule has 1 N–H and O–H groups in total. The molecule has 0 saturated heterocycles. The molecule has 1 atom stereocenters. The maximum atomic E-state index is 11.2. The van der Waals surface area contributed by atoms with E-state index in [0.717, 1.165) is 19.4 Å². The molecule has 1 aliphatic rings. The number of hydrogen-bond donors (Lipinski definition) is 1. The Morgan fingerprint density at radius 3 is 2.84 bits per heavy atom. The van der Waals surface area contributed by atoms with Gasteiger partial charge in [0.15, 0.2) is 0 Å². The number of aryl methyl sites for hydroxylation is 1. The Hall–Kier alpha value is -1.07. The minimum Gasteiger partial charge on any atom is -0.383 e. The summed E-state index contributed by atoms with van der Waals surface area (Å²) in [7, 11) is -0.875. The zero-order valence-electron chi connectivity index (χ0n) is 11.6. The third kappa shape index (κ3) is 4.21. The first-order valence-corrected chi connectivity index (χ1v) is 8.71. The number of anilines is 1. The van der Waals surface area contributed by atoms with Crippen molar-refractivity contribution in [1.29, 1.82) is 0 Å². The van der Waals surface area contributed by atoms with Crippen LogP contribution in [-0.4, -0.2) is 51.5 Å². The quantitative estimate of drug-likeness (QED) is 0.906. The Kier molecular flexibility index (Phi) is 4.47. The molecule has 1 aromatic rings. The Labute approximate surface area is 115 Å². The molecule has 19 heavy (non-hydrogen) atoms. The van der Waals surface area contributed by atoms with Gasteiger partial charge >= 0.3 is 0 Å². The van der Waals surface area contributed by atoms with E-state index in [9.17, 15) is 8.42 Å². The summed E-state index contributed by atoms with van der Waals surface area (Å²) in [6.07, 6.45) is 3.39. The topological polar surface area (TPSA) is 49.4 Å². The van der Waals surface area contributed by atoms with Crippen molar-refractivity contribution in [3.8, 4) is 0 Å². The molecule has 1 heterocycles. The molecular weight excluding hydrogens is 260 g/mol. The van der Waals surface area contributed by atoms with Crippen molar-refractivity contribution in [3.63, 3.8) is 0 Å².